The number of nitrogens with zero attached hydrogens (tertiary/aromatic N) is 5. The minimum atomic E-state index is -4.74. The fourth-order valence-electron chi connectivity index (χ4n) is 5.91. The summed E-state index contributed by atoms with van der Waals surface area (Å²) < 4.78 is 42.8. The van der Waals surface area contributed by atoms with Crippen molar-refractivity contribution in [3.8, 4) is 22.8 Å². The third kappa shape index (κ3) is 8.82. The van der Waals surface area contributed by atoms with Crippen molar-refractivity contribution in [3.63, 3.8) is 0 Å². The minimum absolute atomic E-state index is 0.0864. The van der Waals surface area contributed by atoms with Crippen LogP contribution in [-0.2, 0) is 11.2 Å². The first-order chi connectivity index (χ1) is 22.4. The van der Waals surface area contributed by atoms with E-state index in [1.165, 1.54) is 46.4 Å². The number of aromatic nitrogens is 3. The fourth-order valence-corrected chi connectivity index (χ4v) is 7.13. The molecule has 1 aliphatic rings. The zero-order chi connectivity index (χ0) is 33.7. The van der Waals surface area contributed by atoms with E-state index >= 15 is 0 Å². The molecule has 1 aliphatic heterocycles. The van der Waals surface area contributed by atoms with Crippen molar-refractivity contribution in [2.45, 2.75) is 78.6 Å². The SMILES string of the molecule is Cc1cccc(N2C(=NC(=O)CCC(C)Cc3ccc(-c4ncn(-c5ccc(OC(F)(F)F)cc5)n4)cc3)SCCC2C)c1C(C)C. The van der Waals surface area contributed by atoms with Crippen LogP contribution in [0.15, 0.2) is 78.0 Å². The van der Waals surface area contributed by atoms with Crippen molar-refractivity contribution in [1.29, 1.82) is 0 Å². The predicted octanol–water partition coefficient (Wildman–Crippen LogP) is 9.14. The summed E-state index contributed by atoms with van der Waals surface area (Å²) >= 11 is 1.66. The minimum Gasteiger partial charge on any atom is -0.406 e. The van der Waals surface area contributed by atoms with Crippen molar-refractivity contribution in [2.75, 3.05) is 10.7 Å². The van der Waals surface area contributed by atoms with Gasteiger partial charge in [-0.3, -0.25) is 4.79 Å². The summed E-state index contributed by atoms with van der Waals surface area (Å²) in [5.74, 6) is 1.71. The third-order valence-corrected chi connectivity index (χ3v) is 9.23. The number of thioether (sulfide) groups is 1. The van der Waals surface area contributed by atoms with Gasteiger partial charge in [0.15, 0.2) is 11.0 Å². The molecule has 0 bridgehead atoms. The van der Waals surface area contributed by atoms with Crippen LogP contribution < -0.4 is 9.64 Å². The molecule has 1 aromatic heterocycles. The van der Waals surface area contributed by atoms with Gasteiger partial charge in [-0.2, -0.15) is 4.99 Å². The number of rotatable bonds is 10. The molecule has 0 aliphatic carbocycles. The second-order valence-electron chi connectivity index (χ2n) is 12.4. The number of ether oxygens (including phenoxy) is 1. The maximum atomic E-state index is 13.1. The first kappa shape index (κ1) is 34.2. The molecular weight excluding hydrogens is 623 g/mol. The Morgan fingerprint density at radius 1 is 1.06 bits per heavy atom. The van der Waals surface area contributed by atoms with Crippen LogP contribution in [0.1, 0.15) is 69.6 Å². The molecule has 248 valence electrons. The molecule has 47 heavy (non-hydrogen) atoms. The van der Waals surface area contributed by atoms with Crippen LogP contribution in [-0.4, -0.2) is 44.0 Å². The quantitative estimate of drug-likeness (QED) is 0.169. The Hall–Kier alpha value is -4.12. The van der Waals surface area contributed by atoms with Crippen LogP contribution in [0.5, 0.6) is 5.75 Å². The van der Waals surface area contributed by atoms with E-state index in [1.807, 2.05) is 24.3 Å². The van der Waals surface area contributed by atoms with Gasteiger partial charge in [-0.25, -0.2) is 9.67 Å². The molecule has 4 aromatic rings. The Labute approximate surface area is 278 Å². The molecule has 0 radical (unpaired) electrons. The lowest BCUT2D eigenvalue weighted by molar-refractivity contribution is -0.274. The maximum Gasteiger partial charge on any atom is 0.573 e. The highest BCUT2D eigenvalue weighted by atomic mass is 32.2. The monoisotopic (exact) mass is 663 g/mol. The molecule has 5 rings (SSSR count). The Morgan fingerprint density at radius 2 is 1.79 bits per heavy atom. The number of alkyl halides is 3. The molecular formula is C36H40F3N5O2S. The van der Waals surface area contributed by atoms with Crippen molar-refractivity contribution < 1.29 is 22.7 Å². The average Bonchev–Trinajstić information content (AvgIpc) is 3.50. The topological polar surface area (TPSA) is 72.6 Å². The van der Waals surface area contributed by atoms with Gasteiger partial charge in [-0.15, -0.1) is 18.3 Å². The van der Waals surface area contributed by atoms with Crippen LogP contribution in [0.3, 0.4) is 0 Å². The van der Waals surface area contributed by atoms with E-state index in [0.29, 0.717) is 23.9 Å². The summed E-state index contributed by atoms with van der Waals surface area (Å²) in [6.07, 6.45) is -0.250. The maximum absolute atomic E-state index is 13.1. The van der Waals surface area contributed by atoms with Crippen molar-refractivity contribution in [3.05, 3.63) is 89.7 Å². The van der Waals surface area contributed by atoms with Crippen LogP contribution in [0, 0.1) is 12.8 Å². The highest BCUT2D eigenvalue weighted by molar-refractivity contribution is 8.14. The number of carbonyl (C=O) groups is 1. The number of hydrogen-bond donors (Lipinski definition) is 0. The largest absolute Gasteiger partial charge is 0.573 e. The normalized spacial score (nSPS) is 16.9. The highest BCUT2D eigenvalue weighted by Gasteiger charge is 2.31. The Kier molecular flexibility index (Phi) is 10.7. The molecule has 0 spiro atoms. The molecule has 2 heterocycles. The molecule has 1 fully saturated rings. The van der Waals surface area contributed by atoms with E-state index in [-0.39, 0.29) is 23.6 Å². The van der Waals surface area contributed by atoms with Crippen LogP contribution in [0.2, 0.25) is 0 Å². The summed E-state index contributed by atoms with van der Waals surface area (Å²) in [5.41, 5.74) is 6.23. The van der Waals surface area contributed by atoms with Gasteiger partial charge in [0.1, 0.15) is 12.1 Å². The van der Waals surface area contributed by atoms with Gasteiger partial charge in [0.05, 0.1) is 5.69 Å². The molecule has 1 amide bonds. The number of carbonyl (C=O) groups excluding carboxylic acids is 1. The Balaban J connectivity index is 1.17. The van der Waals surface area contributed by atoms with E-state index in [9.17, 15) is 18.0 Å². The van der Waals surface area contributed by atoms with Crippen LogP contribution in [0.25, 0.3) is 17.1 Å². The summed E-state index contributed by atoms with van der Waals surface area (Å²) in [7, 11) is 0. The average molecular weight is 664 g/mol. The van der Waals surface area contributed by atoms with E-state index in [4.69, 9.17) is 0 Å². The summed E-state index contributed by atoms with van der Waals surface area (Å²) in [6.45, 7) is 10.9. The number of amidine groups is 1. The molecule has 1 saturated heterocycles. The summed E-state index contributed by atoms with van der Waals surface area (Å²) in [6, 6.07) is 20.1. The Bertz CT molecular complexity index is 1700. The number of aliphatic imine (C=N–C) groups is 1. The first-order valence-corrected chi connectivity index (χ1v) is 16.9. The first-order valence-electron chi connectivity index (χ1n) is 15.9. The number of aryl methyl sites for hydroxylation is 1. The number of amides is 1. The van der Waals surface area contributed by atoms with E-state index < -0.39 is 6.36 Å². The third-order valence-electron chi connectivity index (χ3n) is 8.25. The lowest BCUT2D eigenvalue weighted by Crippen LogP contribution is -2.42. The van der Waals surface area contributed by atoms with Gasteiger partial charge in [0.2, 0.25) is 5.91 Å². The highest BCUT2D eigenvalue weighted by Crippen LogP contribution is 2.36. The van der Waals surface area contributed by atoms with Gasteiger partial charge >= 0.3 is 6.36 Å². The van der Waals surface area contributed by atoms with E-state index in [0.717, 1.165) is 47.0 Å². The van der Waals surface area contributed by atoms with Crippen molar-refractivity contribution in [1.82, 2.24) is 14.8 Å². The lowest BCUT2D eigenvalue weighted by atomic mass is 9.94. The molecule has 2 atom stereocenters. The number of hydrogen-bond acceptors (Lipinski definition) is 5. The fraction of sp³-hybridized carbons (Fsp3) is 0.389. The zero-order valence-corrected chi connectivity index (χ0v) is 28.1. The van der Waals surface area contributed by atoms with Crippen molar-refractivity contribution in [2.24, 2.45) is 10.9 Å². The summed E-state index contributed by atoms with van der Waals surface area (Å²) in [4.78, 5) is 24.4. The molecule has 0 saturated carbocycles. The van der Waals surface area contributed by atoms with Gasteiger partial charge < -0.3 is 9.64 Å². The summed E-state index contributed by atoms with van der Waals surface area (Å²) in [5, 5.41) is 5.28. The van der Waals surface area contributed by atoms with Crippen LogP contribution >= 0.6 is 11.8 Å². The predicted molar refractivity (Wildman–Crippen MR) is 182 cm³/mol. The molecule has 0 N–H and O–H groups in total. The zero-order valence-electron chi connectivity index (χ0n) is 27.3. The molecule has 7 nitrogen and oxygen atoms in total. The number of anilines is 1. The second kappa shape index (κ2) is 14.8. The molecule has 3 aromatic carbocycles. The standard InChI is InChI=1S/C36H40F3N5O2S/c1-23(2)33-25(4)7-6-8-31(33)44-26(5)19-20-47-35(44)41-32(45)18-9-24(3)21-27-10-12-28(13-11-27)34-40-22-43(42-34)29-14-16-30(17-15-29)46-36(37,38)39/h6-8,10-17,22-24,26H,9,18-21H2,1-5H3. The molecule has 2 unspecified atom stereocenters. The molecule has 11 heteroatoms. The van der Waals surface area contributed by atoms with Gasteiger partial charge in [0, 0.05) is 29.5 Å². The smallest absolute Gasteiger partial charge is 0.406 e. The van der Waals surface area contributed by atoms with Crippen LogP contribution in [0.4, 0.5) is 18.9 Å². The van der Waals surface area contributed by atoms with Gasteiger partial charge in [-0.1, -0.05) is 68.9 Å². The van der Waals surface area contributed by atoms with Crippen molar-refractivity contribution >= 4 is 28.5 Å². The number of benzene rings is 3. The van der Waals surface area contributed by atoms with E-state index in [1.54, 1.807) is 11.8 Å². The van der Waals surface area contributed by atoms with Gasteiger partial charge in [-0.05, 0) is 92.0 Å². The lowest BCUT2D eigenvalue weighted by Gasteiger charge is -2.37. The van der Waals surface area contributed by atoms with E-state index in [2.05, 4.69) is 77.5 Å². The Morgan fingerprint density at radius 3 is 2.47 bits per heavy atom. The number of halogens is 3. The second-order valence-corrected chi connectivity index (χ2v) is 13.5. The van der Waals surface area contributed by atoms with Gasteiger partial charge in [0.25, 0.3) is 0 Å².